The Balaban J connectivity index is 2.23. The minimum atomic E-state index is -1.63. The molecule has 2 nitrogen and oxygen atoms in total. The lowest BCUT2D eigenvalue weighted by Crippen LogP contribution is -2.52. The van der Waals surface area contributed by atoms with Crippen LogP contribution >= 0.6 is 0 Å². The van der Waals surface area contributed by atoms with Crippen molar-refractivity contribution in [3.8, 4) is 0 Å². The fourth-order valence-corrected chi connectivity index (χ4v) is 4.87. The van der Waals surface area contributed by atoms with Gasteiger partial charge in [0.2, 0.25) is 0 Å². The second-order valence-corrected chi connectivity index (χ2v) is 10.3. The van der Waals surface area contributed by atoms with Crippen LogP contribution in [0.3, 0.4) is 0 Å². The van der Waals surface area contributed by atoms with Crippen molar-refractivity contribution in [3.05, 3.63) is 59.7 Å². The molecule has 0 N–H and O–H groups in total. The third-order valence-corrected chi connectivity index (χ3v) is 7.53. The summed E-state index contributed by atoms with van der Waals surface area (Å²) < 4.78 is 10.3. The minimum absolute atomic E-state index is 0.675. The van der Waals surface area contributed by atoms with Crippen molar-refractivity contribution in [2.75, 3.05) is 14.2 Å². The third kappa shape index (κ3) is 3.82. The van der Waals surface area contributed by atoms with Crippen LogP contribution in [0, 0.1) is 0 Å². The zero-order valence-corrected chi connectivity index (χ0v) is 14.3. The fraction of sp³-hybridized carbons (Fsp3) is 0.333. The molecule has 0 radical (unpaired) electrons. The van der Waals surface area contributed by atoms with E-state index in [2.05, 4.69) is 61.6 Å². The van der Waals surface area contributed by atoms with E-state index in [4.69, 9.17) is 9.47 Å². The minimum Gasteiger partial charge on any atom is -0.380 e. The van der Waals surface area contributed by atoms with Gasteiger partial charge in [0.25, 0.3) is 0 Å². The van der Waals surface area contributed by atoms with Crippen LogP contribution < -0.4 is 10.4 Å². The maximum atomic E-state index is 5.17. The highest BCUT2D eigenvalue weighted by atomic mass is 28.3. The maximum absolute atomic E-state index is 5.17. The molecule has 0 bridgehead atoms. The lowest BCUT2D eigenvalue weighted by Gasteiger charge is -2.24. The Morgan fingerprint density at radius 2 is 1.00 bits per heavy atom. The quantitative estimate of drug-likeness (QED) is 0.764. The maximum Gasteiger partial charge on any atom is 0.112 e. The molecule has 2 aromatic rings. The SMILES string of the molecule is COCc1ccc([Si](C)(C)c2ccc(COC)cc2)cc1. The van der Waals surface area contributed by atoms with Crippen molar-refractivity contribution in [1.82, 2.24) is 0 Å². The number of benzene rings is 2. The molecular formula is C18H24O2Si. The van der Waals surface area contributed by atoms with E-state index < -0.39 is 8.07 Å². The Morgan fingerprint density at radius 1 is 0.667 bits per heavy atom. The van der Waals surface area contributed by atoms with E-state index in [9.17, 15) is 0 Å². The first-order valence-electron chi connectivity index (χ1n) is 7.24. The second-order valence-electron chi connectivity index (χ2n) is 5.88. The van der Waals surface area contributed by atoms with Gasteiger partial charge in [0, 0.05) is 14.2 Å². The van der Waals surface area contributed by atoms with Crippen LogP contribution in [0.4, 0.5) is 0 Å². The number of hydrogen-bond donors (Lipinski definition) is 0. The number of hydrogen-bond acceptors (Lipinski definition) is 2. The lowest BCUT2D eigenvalue weighted by atomic mass is 10.2. The molecule has 21 heavy (non-hydrogen) atoms. The molecule has 0 fully saturated rings. The smallest absolute Gasteiger partial charge is 0.112 e. The molecule has 0 amide bonds. The third-order valence-electron chi connectivity index (χ3n) is 3.97. The van der Waals surface area contributed by atoms with E-state index >= 15 is 0 Å². The molecule has 2 aromatic carbocycles. The summed E-state index contributed by atoms with van der Waals surface area (Å²) in [4.78, 5) is 0. The van der Waals surface area contributed by atoms with Crippen LogP contribution in [0.15, 0.2) is 48.5 Å². The van der Waals surface area contributed by atoms with E-state index in [1.807, 2.05) is 0 Å². The van der Waals surface area contributed by atoms with Gasteiger partial charge in [0.15, 0.2) is 0 Å². The number of ether oxygens (including phenoxy) is 2. The highest BCUT2D eigenvalue weighted by Crippen LogP contribution is 2.09. The van der Waals surface area contributed by atoms with Gasteiger partial charge in [0.05, 0.1) is 13.2 Å². The topological polar surface area (TPSA) is 18.5 Å². The molecule has 3 heteroatoms. The van der Waals surface area contributed by atoms with E-state index in [0.29, 0.717) is 13.2 Å². The second kappa shape index (κ2) is 7.03. The Morgan fingerprint density at radius 3 is 1.29 bits per heavy atom. The van der Waals surface area contributed by atoms with Gasteiger partial charge in [-0.1, -0.05) is 72.0 Å². The molecule has 0 heterocycles. The van der Waals surface area contributed by atoms with Crippen molar-refractivity contribution in [2.24, 2.45) is 0 Å². The first-order valence-corrected chi connectivity index (χ1v) is 10.2. The Bertz CT molecular complexity index is 507. The molecular weight excluding hydrogens is 276 g/mol. The van der Waals surface area contributed by atoms with Gasteiger partial charge in [-0.2, -0.15) is 0 Å². The molecule has 0 aromatic heterocycles. The van der Waals surface area contributed by atoms with Crippen LogP contribution in [0.25, 0.3) is 0 Å². The van der Waals surface area contributed by atoms with Crippen molar-refractivity contribution >= 4 is 18.4 Å². The van der Waals surface area contributed by atoms with Gasteiger partial charge in [-0.3, -0.25) is 0 Å². The lowest BCUT2D eigenvalue weighted by molar-refractivity contribution is 0.185. The van der Waals surface area contributed by atoms with E-state index in [1.54, 1.807) is 14.2 Å². The first kappa shape index (κ1) is 16.0. The molecule has 0 aliphatic rings. The van der Waals surface area contributed by atoms with Crippen LogP contribution in [-0.4, -0.2) is 22.3 Å². The van der Waals surface area contributed by atoms with Gasteiger partial charge in [0.1, 0.15) is 8.07 Å². The molecule has 112 valence electrons. The first-order chi connectivity index (χ1) is 10.1. The van der Waals surface area contributed by atoms with Crippen LogP contribution in [-0.2, 0) is 22.7 Å². The average Bonchev–Trinajstić information content (AvgIpc) is 2.49. The Labute approximate surface area is 128 Å². The molecule has 0 aliphatic carbocycles. The molecule has 0 spiro atoms. The van der Waals surface area contributed by atoms with Gasteiger partial charge >= 0.3 is 0 Å². The molecule has 0 saturated heterocycles. The van der Waals surface area contributed by atoms with Gasteiger partial charge < -0.3 is 9.47 Å². The Hall–Kier alpha value is -1.42. The summed E-state index contributed by atoms with van der Waals surface area (Å²) in [7, 11) is 1.83. The van der Waals surface area contributed by atoms with E-state index in [1.165, 1.54) is 21.5 Å². The van der Waals surface area contributed by atoms with E-state index in [0.717, 1.165) is 0 Å². The Kier molecular flexibility index (Phi) is 5.34. The summed E-state index contributed by atoms with van der Waals surface area (Å²) in [5.74, 6) is 0. The summed E-state index contributed by atoms with van der Waals surface area (Å²) in [5.41, 5.74) is 2.45. The molecule has 0 saturated carbocycles. The highest BCUT2D eigenvalue weighted by Gasteiger charge is 2.25. The van der Waals surface area contributed by atoms with Crippen LogP contribution in [0.2, 0.25) is 13.1 Å². The predicted molar refractivity (Wildman–Crippen MR) is 91.1 cm³/mol. The van der Waals surface area contributed by atoms with Crippen LogP contribution in [0.1, 0.15) is 11.1 Å². The summed E-state index contributed by atoms with van der Waals surface area (Å²) in [6, 6.07) is 17.7. The number of methoxy groups -OCH3 is 2. The predicted octanol–water partition coefficient (Wildman–Crippen LogP) is 2.80. The van der Waals surface area contributed by atoms with Gasteiger partial charge in [-0.05, 0) is 11.1 Å². The zero-order valence-electron chi connectivity index (χ0n) is 13.3. The van der Waals surface area contributed by atoms with E-state index in [-0.39, 0.29) is 0 Å². The summed E-state index contributed by atoms with van der Waals surface area (Å²) in [6.45, 7) is 6.13. The molecule has 2 rings (SSSR count). The van der Waals surface area contributed by atoms with Gasteiger partial charge in [-0.15, -0.1) is 0 Å². The summed E-state index contributed by atoms with van der Waals surface area (Å²) in [6.07, 6.45) is 0. The normalized spacial score (nSPS) is 11.6. The largest absolute Gasteiger partial charge is 0.380 e. The van der Waals surface area contributed by atoms with Crippen molar-refractivity contribution < 1.29 is 9.47 Å². The highest BCUT2D eigenvalue weighted by molar-refractivity contribution is 7.00. The standard InChI is InChI=1S/C18H24O2Si/c1-19-13-15-5-9-17(10-6-15)21(3,4)18-11-7-16(8-12-18)14-20-2/h5-12H,13-14H2,1-4H3. The van der Waals surface area contributed by atoms with Crippen molar-refractivity contribution in [1.29, 1.82) is 0 Å². The molecule has 0 atom stereocenters. The van der Waals surface area contributed by atoms with Crippen molar-refractivity contribution in [2.45, 2.75) is 26.3 Å². The summed E-state index contributed by atoms with van der Waals surface area (Å²) in [5, 5.41) is 2.89. The fourth-order valence-electron chi connectivity index (χ4n) is 2.54. The molecule has 0 unspecified atom stereocenters. The summed E-state index contributed by atoms with van der Waals surface area (Å²) >= 11 is 0. The van der Waals surface area contributed by atoms with Crippen LogP contribution in [0.5, 0.6) is 0 Å². The average molecular weight is 300 g/mol. The molecule has 0 aliphatic heterocycles. The van der Waals surface area contributed by atoms with Gasteiger partial charge in [-0.25, -0.2) is 0 Å². The zero-order chi connectivity index (χ0) is 15.3. The monoisotopic (exact) mass is 300 g/mol. The van der Waals surface area contributed by atoms with Crippen molar-refractivity contribution in [3.63, 3.8) is 0 Å². The number of rotatable bonds is 6.